The summed E-state index contributed by atoms with van der Waals surface area (Å²) in [5.74, 6) is 2.43. The highest BCUT2D eigenvalue weighted by Gasteiger charge is 2.28. The molecule has 3 aromatic rings. The molecule has 1 amide bonds. The van der Waals surface area contributed by atoms with Gasteiger partial charge in [0.2, 0.25) is 11.9 Å². The second-order valence-corrected chi connectivity index (χ2v) is 9.27. The second-order valence-electron chi connectivity index (χ2n) is 9.27. The predicted octanol–water partition coefficient (Wildman–Crippen LogP) is 3.47. The predicted molar refractivity (Wildman–Crippen MR) is 131 cm³/mol. The molecule has 9 nitrogen and oxygen atoms in total. The summed E-state index contributed by atoms with van der Waals surface area (Å²) in [7, 11) is 0. The van der Waals surface area contributed by atoms with Gasteiger partial charge in [-0.3, -0.25) is 4.79 Å². The van der Waals surface area contributed by atoms with Gasteiger partial charge in [-0.05, 0) is 56.2 Å². The Kier molecular flexibility index (Phi) is 6.53. The summed E-state index contributed by atoms with van der Waals surface area (Å²) >= 11 is 0. The summed E-state index contributed by atoms with van der Waals surface area (Å²) < 4.78 is 1.63. The lowest BCUT2D eigenvalue weighted by molar-refractivity contribution is -0.127. The van der Waals surface area contributed by atoms with Crippen molar-refractivity contribution >= 4 is 34.1 Å². The van der Waals surface area contributed by atoms with Crippen molar-refractivity contribution in [1.82, 2.24) is 19.9 Å². The highest BCUT2D eigenvalue weighted by Crippen LogP contribution is 2.43. The molecule has 2 aliphatic carbocycles. The molecule has 180 valence electrons. The number of benzene rings is 1. The minimum atomic E-state index is -0.0382. The molecule has 0 unspecified atom stereocenters. The number of nitrogens with one attached hydrogen (secondary N) is 3. The number of aromatic hydroxyl groups is 1. The first kappa shape index (κ1) is 22.5. The molecule has 2 aromatic heterocycles. The summed E-state index contributed by atoms with van der Waals surface area (Å²) in [5.41, 5.74) is 1.96. The summed E-state index contributed by atoms with van der Waals surface area (Å²) in [6, 6.07) is 5.65. The van der Waals surface area contributed by atoms with Gasteiger partial charge in [0, 0.05) is 60.0 Å². The first-order valence-electron chi connectivity index (χ1n) is 12.2. The number of hydrogen-bond acceptors (Lipinski definition) is 7. The first-order chi connectivity index (χ1) is 16.6. The van der Waals surface area contributed by atoms with Gasteiger partial charge < -0.3 is 30.7 Å². The molecular formula is C25H32N6O3. The maximum absolute atomic E-state index is 12.0. The molecule has 0 saturated heterocycles. The monoisotopic (exact) mass is 464 g/mol. The van der Waals surface area contributed by atoms with Crippen LogP contribution in [0.15, 0.2) is 30.6 Å². The van der Waals surface area contributed by atoms with Crippen LogP contribution in [0.5, 0.6) is 5.88 Å². The number of carbonyl (C=O) groups excluding carboxylic acids is 1. The number of rotatable bonds is 11. The molecule has 0 aliphatic heterocycles. The van der Waals surface area contributed by atoms with E-state index in [1.165, 1.54) is 6.42 Å². The average Bonchev–Trinajstić information content (AvgIpc) is 3.58. The molecule has 9 heteroatoms. The van der Waals surface area contributed by atoms with Crippen molar-refractivity contribution in [2.75, 3.05) is 30.3 Å². The highest BCUT2D eigenvalue weighted by molar-refractivity contribution is 5.90. The Labute approximate surface area is 198 Å². The molecule has 5 rings (SSSR count). The lowest BCUT2D eigenvalue weighted by atomic mass is 9.85. The molecule has 0 radical (unpaired) electrons. The van der Waals surface area contributed by atoms with Crippen molar-refractivity contribution in [3.63, 3.8) is 0 Å². The summed E-state index contributed by atoms with van der Waals surface area (Å²) in [4.78, 5) is 21.2. The Hall–Kier alpha value is -3.33. The van der Waals surface area contributed by atoms with Crippen molar-refractivity contribution in [2.45, 2.75) is 51.0 Å². The van der Waals surface area contributed by atoms with Crippen molar-refractivity contribution in [3.05, 3.63) is 36.2 Å². The quantitative estimate of drug-likeness (QED) is 0.275. The van der Waals surface area contributed by atoms with E-state index < -0.39 is 0 Å². The molecule has 5 N–H and O–H groups in total. The van der Waals surface area contributed by atoms with Crippen LogP contribution in [0.3, 0.4) is 0 Å². The van der Waals surface area contributed by atoms with Crippen molar-refractivity contribution in [1.29, 1.82) is 0 Å². The Balaban J connectivity index is 1.22. The van der Waals surface area contributed by atoms with E-state index in [-0.39, 0.29) is 24.3 Å². The number of nitrogens with zero attached hydrogens (tertiary/aromatic N) is 3. The highest BCUT2D eigenvalue weighted by atomic mass is 16.3. The summed E-state index contributed by atoms with van der Waals surface area (Å²) in [6.45, 7) is 1.70. The van der Waals surface area contributed by atoms with Crippen LogP contribution in [-0.4, -0.2) is 50.4 Å². The van der Waals surface area contributed by atoms with Gasteiger partial charge in [-0.1, -0.05) is 6.42 Å². The van der Waals surface area contributed by atoms with Gasteiger partial charge in [-0.15, -0.1) is 0 Å². The number of anilines is 3. The van der Waals surface area contributed by atoms with Crippen LogP contribution < -0.4 is 16.0 Å². The third-order valence-corrected chi connectivity index (χ3v) is 6.71. The van der Waals surface area contributed by atoms with Crippen molar-refractivity contribution < 1.29 is 15.0 Å². The standard InChI is InChI=1S/C25H32N6O3/c32-12-11-31-15-18-13-19(7-8-20(18)24(31)34)29-25-28-14-21(16-5-6-16)22(30-25)26-9-2-10-27-23(33)17-3-1-4-17/h7-8,13-17,32,34H,1-6,9-12H2,(H,27,33)(H2,26,28,29,30). The Morgan fingerprint density at radius 3 is 2.76 bits per heavy atom. The van der Waals surface area contributed by atoms with Crippen LogP contribution in [0.2, 0.25) is 0 Å². The van der Waals surface area contributed by atoms with Gasteiger partial charge in [0.15, 0.2) is 5.88 Å². The maximum atomic E-state index is 12.0. The number of aliphatic hydroxyl groups is 1. The molecule has 2 saturated carbocycles. The van der Waals surface area contributed by atoms with Crippen LogP contribution in [0.1, 0.15) is 50.0 Å². The fourth-order valence-electron chi connectivity index (χ4n) is 4.35. The van der Waals surface area contributed by atoms with Gasteiger partial charge in [0.25, 0.3) is 0 Å². The van der Waals surface area contributed by atoms with Crippen LogP contribution in [-0.2, 0) is 11.3 Å². The minimum Gasteiger partial charge on any atom is -0.494 e. The van der Waals surface area contributed by atoms with E-state index in [1.54, 1.807) is 4.57 Å². The molecule has 0 bridgehead atoms. The lowest BCUT2D eigenvalue weighted by Crippen LogP contribution is -2.35. The van der Waals surface area contributed by atoms with Crippen LogP contribution in [0, 0.1) is 5.92 Å². The van der Waals surface area contributed by atoms with Crippen molar-refractivity contribution in [3.8, 4) is 5.88 Å². The fraction of sp³-hybridized carbons (Fsp3) is 0.480. The third kappa shape index (κ3) is 4.94. The normalized spacial score (nSPS) is 15.8. The largest absolute Gasteiger partial charge is 0.494 e. The second kappa shape index (κ2) is 9.89. The first-order valence-corrected chi connectivity index (χ1v) is 12.2. The van der Waals surface area contributed by atoms with Gasteiger partial charge in [-0.2, -0.15) is 4.98 Å². The van der Waals surface area contributed by atoms with Crippen molar-refractivity contribution in [2.24, 2.45) is 5.92 Å². The zero-order valence-corrected chi connectivity index (χ0v) is 19.3. The van der Waals surface area contributed by atoms with E-state index in [0.717, 1.165) is 66.5 Å². The van der Waals surface area contributed by atoms with Gasteiger partial charge in [0.05, 0.1) is 6.61 Å². The van der Waals surface area contributed by atoms with E-state index in [4.69, 9.17) is 4.98 Å². The van der Waals surface area contributed by atoms with Crippen LogP contribution in [0.4, 0.5) is 17.5 Å². The molecule has 0 spiro atoms. The zero-order chi connectivity index (χ0) is 23.5. The number of fused-ring (bicyclic) bond motifs is 1. The van der Waals surface area contributed by atoms with Crippen LogP contribution >= 0.6 is 0 Å². The molecular weight excluding hydrogens is 432 g/mol. The van der Waals surface area contributed by atoms with Gasteiger partial charge >= 0.3 is 0 Å². The third-order valence-electron chi connectivity index (χ3n) is 6.71. The number of aromatic nitrogens is 3. The maximum Gasteiger partial charge on any atom is 0.229 e. The van der Waals surface area contributed by atoms with Gasteiger partial charge in [-0.25, -0.2) is 4.98 Å². The van der Waals surface area contributed by atoms with E-state index in [9.17, 15) is 15.0 Å². The van der Waals surface area contributed by atoms with E-state index in [1.807, 2.05) is 30.6 Å². The number of amides is 1. The summed E-state index contributed by atoms with van der Waals surface area (Å²) in [6.07, 6.45) is 10.1. The smallest absolute Gasteiger partial charge is 0.229 e. The van der Waals surface area contributed by atoms with E-state index >= 15 is 0 Å². The van der Waals surface area contributed by atoms with E-state index in [0.29, 0.717) is 25.0 Å². The molecule has 34 heavy (non-hydrogen) atoms. The molecule has 2 heterocycles. The average molecular weight is 465 g/mol. The Morgan fingerprint density at radius 1 is 1.18 bits per heavy atom. The lowest BCUT2D eigenvalue weighted by Gasteiger charge is -2.24. The molecule has 2 fully saturated rings. The Morgan fingerprint density at radius 2 is 2.03 bits per heavy atom. The molecule has 0 atom stereocenters. The van der Waals surface area contributed by atoms with E-state index in [2.05, 4.69) is 20.9 Å². The number of aliphatic hydroxyl groups excluding tert-OH is 1. The van der Waals surface area contributed by atoms with Crippen LogP contribution in [0.25, 0.3) is 10.8 Å². The topological polar surface area (TPSA) is 124 Å². The fourth-order valence-corrected chi connectivity index (χ4v) is 4.35. The SMILES string of the molecule is O=C(NCCCNc1nc(Nc2ccc3c(O)n(CCO)cc3c2)ncc1C1CC1)C1CCC1. The molecule has 1 aromatic carbocycles. The Bertz CT molecular complexity index is 1170. The number of carbonyl (C=O) groups is 1. The minimum absolute atomic E-state index is 0.0382. The summed E-state index contributed by atoms with van der Waals surface area (Å²) in [5, 5.41) is 30.8. The number of hydrogen-bond donors (Lipinski definition) is 5. The zero-order valence-electron chi connectivity index (χ0n) is 19.3. The molecule has 2 aliphatic rings. The van der Waals surface area contributed by atoms with Gasteiger partial charge in [0.1, 0.15) is 5.82 Å².